The first-order chi connectivity index (χ1) is 9.16. The lowest BCUT2D eigenvalue weighted by Gasteiger charge is -1.98. The predicted octanol–water partition coefficient (Wildman–Crippen LogP) is 4.01. The van der Waals surface area contributed by atoms with Crippen LogP contribution in [0.5, 0.6) is 0 Å². The summed E-state index contributed by atoms with van der Waals surface area (Å²) in [5.41, 5.74) is 0.975. The Hall–Kier alpha value is -2.34. The number of fused-ring (bicyclic) bond motifs is 1. The van der Waals surface area contributed by atoms with Gasteiger partial charge in [0.1, 0.15) is 0 Å². The molecule has 3 rings (SSSR count). The van der Waals surface area contributed by atoms with Gasteiger partial charge in [-0.05, 0) is 11.5 Å². The molecule has 0 saturated carbocycles. The number of nitrogens with zero attached hydrogens (tertiary/aromatic N) is 2. The van der Waals surface area contributed by atoms with E-state index in [9.17, 15) is 14.5 Å². The number of nitro benzene ring substituents is 1. The van der Waals surface area contributed by atoms with Crippen LogP contribution < -0.4 is 0 Å². The number of benzene rings is 2. The van der Waals surface area contributed by atoms with E-state index in [2.05, 4.69) is 4.37 Å². The van der Waals surface area contributed by atoms with Crippen molar-refractivity contribution in [2.24, 2.45) is 0 Å². The summed E-state index contributed by atoms with van der Waals surface area (Å²) in [6.45, 7) is 0. The first kappa shape index (κ1) is 11.7. The molecule has 94 valence electrons. The second-order valence-corrected chi connectivity index (χ2v) is 4.76. The fraction of sp³-hybridized carbons (Fsp3) is 0. The minimum atomic E-state index is -0.833. The molecule has 0 radical (unpaired) electrons. The number of halogens is 1. The molecule has 1 aromatic heterocycles. The molecule has 2 aromatic carbocycles. The number of hydrogen-bond acceptors (Lipinski definition) is 4. The summed E-state index contributed by atoms with van der Waals surface area (Å²) >= 11 is 1.13. The molecule has 0 atom stereocenters. The first-order valence-electron chi connectivity index (χ1n) is 5.45. The van der Waals surface area contributed by atoms with Gasteiger partial charge in [0, 0.05) is 23.1 Å². The number of rotatable bonds is 2. The van der Waals surface area contributed by atoms with Crippen molar-refractivity contribution in [1.29, 1.82) is 0 Å². The lowest BCUT2D eigenvalue weighted by Crippen LogP contribution is -1.91. The molecule has 3 aromatic rings. The third-order valence-electron chi connectivity index (χ3n) is 2.78. The maximum Gasteiger partial charge on any atom is 0.305 e. The number of aromatic nitrogens is 1. The quantitative estimate of drug-likeness (QED) is 0.524. The zero-order valence-corrected chi connectivity index (χ0v) is 10.4. The van der Waals surface area contributed by atoms with E-state index in [4.69, 9.17) is 0 Å². The average Bonchev–Trinajstić information content (AvgIpc) is 2.81. The van der Waals surface area contributed by atoms with Gasteiger partial charge in [-0.3, -0.25) is 10.1 Å². The second-order valence-electron chi connectivity index (χ2n) is 3.95. The van der Waals surface area contributed by atoms with Gasteiger partial charge in [0.05, 0.1) is 15.3 Å². The summed E-state index contributed by atoms with van der Waals surface area (Å²) in [6.07, 6.45) is 0. The van der Waals surface area contributed by atoms with Crippen molar-refractivity contribution in [2.45, 2.75) is 0 Å². The van der Waals surface area contributed by atoms with Crippen LogP contribution in [-0.2, 0) is 0 Å². The SMILES string of the molecule is O=[N+]([O-])c1cc2c(-c3ccccc3)nsc2cc1F. The van der Waals surface area contributed by atoms with Gasteiger partial charge in [0.15, 0.2) is 0 Å². The van der Waals surface area contributed by atoms with Crippen LogP contribution in [0.4, 0.5) is 10.1 Å². The summed E-state index contributed by atoms with van der Waals surface area (Å²) in [6, 6.07) is 11.7. The fourth-order valence-corrected chi connectivity index (χ4v) is 2.70. The summed E-state index contributed by atoms with van der Waals surface area (Å²) in [5, 5.41) is 11.4. The van der Waals surface area contributed by atoms with Crippen LogP contribution in [0.15, 0.2) is 42.5 Å². The van der Waals surface area contributed by atoms with Gasteiger partial charge >= 0.3 is 5.69 Å². The van der Waals surface area contributed by atoms with Gasteiger partial charge < -0.3 is 0 Å². The highest BCUT2D eigenvalue weighted by Gasteiger charge is 2.18. The van der Waals surface area contributed by atoms with Crippen LogP contribution in [0.25, 0.3) is 21.3 Å². The minimum absolute atomic E-state index is 0.523. The highest BCUT2D eigenvalue weighted by molar-refractivity contribution is 7.13. The molecule has 4 nitrogen and oxygen atoms in total. The Morgan fingerprint density at radius 2 is 1.95 bits per heavy atom. The average molecular weight is 274 g/mol. The summed E-state index contributed by atoms with van der Waals surface area (Å²) in [4.78, 5) is 10.1. The van der Waals surface area contributed by atoms with Crippen molar-refractivity contribution in [3.63, 3.8) is 0 Å². The highest BCUT2D eigenvalue weighted by Crippen LogP contribution is 2.34. The molecule has 0 bridgehead atoms. The molecule has 0 saturated heterocycles. The van der Waals surface area contributed by atoms with Crippen molar-refractivity contribution in [2.75, 3.05) is 0 Å². The van der Waals surface area contributed by atoms with Crippen molar-refractivity contribution in [1.82, 2.24) is 4.37 Å². The molecule has 0 N–H and O–H groups in total. The van der Waals surface area contributed by atoms with Crippen LogP contribution in [0.1, 0.15) is 0 Å². The number of hydrogen-bond donors (Lipinski definition) is 0. The smallest absolute Gasteiger partial charge is 0.258 e. The van der Waals surface area contributed by atoms with Crippen LogP contribution >= 0.6 is 11.5 Å². The zero-order valence-electron chi connectivity index (χ0n) is 9.54. The summed E-state index contributed by atoms with van der Waals surface area (Å²) in [5.74, 6) is -0.833. The summed E-state index contributed by atoms with van der Waals surface area (Å²) in [7, 11) is 0. The maximum absolute atomic E-state index is 13.5. The molecule has 0 fully saturated rings. The van der Waals surface area contributed by atoms with Crippen LogP contribution in [-0.4, -0.2) is 9.30 Å². The molecular formula is C13H7FN2O2S. The van der Waals surface area contributed by atoms with E-state index in [0.717, 1.165) is 23.2 Å². The van der Waals surface area contributed by atoms with Gasteiger partial charge in [0.25, 0.3) is 0 Å². The Morgan fingerprint density at radius 1 is 1.21 bits per heavy atom. The molecular weight excluding hydrogens is 267 g/mol. The lowest BCUT2D eigenvalue weighted by atomic mass is 10.1. The summed E-state index contributed by atoms with van der Waals surface area (Å²) < 4.78 is 18.4. The van der Waals surface area contributed by atoms with Gasteiger partial charge in [0.2, 0.25) is 5.82 Å². The van der Waals surface area contributed by atoms with E-state index in [1.54, 1.807) is 0 Å². The van der Waals surface area contributed by atoms with E-state index in [-0.39, 0.29) is 0 Å². The molecule has 0 spiro atoms. The van der Waals surface area contributed by atoms with Crippen molar-refractivity contribution >= 4 is 27.3 Å². The van der Waals surface area contributed by atoms with Gasteiger partial charge in [-0.25, -0.2) is 0 Å². The van der Waals surface area contributed by atoms with Crippen LogP contribution in [0.2, 0.25) is 0 Å². The van der Waals surface area contributed by atoms with E-state index in [0.29, 0.717) is 15.8 Å². The standard InChI is InChI=1S/C13H7FN2O2S/c14-10-7-12-9(6-11(10)16(17)18)13(15-19-12)8-4-2-1-3-5-8/h1-7H. The topological polar surface area (TPSA) is 56.0 Å². The van der Waals surface area contributed by atoms with Gasteiger partial charge in [-0.1, -0.05) is 30.3 Å². The Labute approximate surface area is 111 Å². The molecule has 0 amide bonds. The van der Waals surface area contributed by atoms with Gasteiger partial charge in [-0.15, -0.1) is 0 Å². The van der Waals surface area contributed by atoms with E-state index in [1.807, 2.05) is 30.3 Å². The molecule has 19 heavy (non-hydrogen) atoms. The monoisotopic (exact) mass is 274 g/mol. The minimum Gasteiger partial charge on any atom is -0.258 e. The third kappa shape index (κ3) is 1.96. The Morgan fingerprint density at radius 3 is 2.63 bits per heavy atom. The van der Waals surface area contributed by atoms with Gasteiger partial charge in [-0.2, -0.15) is 8.76 Å². The third-order valence-corrected chi connectivity index (χ3v) is 3.59. The molecule has 0 aliphatic heterocycles. The Kier molecular flexibility index (Phi) is 2.72. The lowest BCUT2D eigenvalue weighted by molar-refractivity contribution is -0.387. The van der Waals surface area contributed by atoms with Crippen LogP contribution in [0.3, 0.4) is 0 Å². The van der Waals surface area contributed by atoms with E-state index >= 15 is 0 Å². The largest absolute Gasteiger partial charge is 0.305 e. The first-order valence-corrected chi connectivity index (χ1v) is 6.23. The molecule has 1 heterocycles. The normalized spacial score (nSPS) is 10.8. The highest BCUT2D eigenvalue weighted by atomic mass is 32.1. The molecule has 6 heteroatoms. The second kappa shape index (κ2) is 4.40. The molecule has 0 aliphatic carbocycles. The maximum atomic E-state index is 13.5. The van der Waals surface area contributed by atoms with E-state index < -0.39 is 16.4 Å². The Bertz CT molecular complexity index is 771. The van der Waals surface area contributed by atoms with Crippen molar-refractivity contribution in [3.05, 3.63) is 58.4 Å². The van der Waals surface area contributed by atoms with Crippen molar-refractivity contribution in [3.8, 4) is 11.3 Å². The predicted molar refractivity (Wildman–Crippen MR) is 71.7 cm³/mol. The molecule has 0 aliphatic rings. The van der Waals surface area contributed by atoms with Crippen molar-refractivity contribution < 1.29 is 9.31 Å². The van der Waals surface area contributed by atoms with E-state index in [1.165, 1.54) is 6.07 Å². The van der Waals surface area contributed by atoms with Crippen LogP contribution in [0, 0.1) is 15.9 Å². The number of nitro groups is 1. The zero-order chi connectivity index (χ0) is 13.4. The fourth-order valence-electron chi connectivity index (χ4n) is 1.89. The Balaban J connectivity index is 2.28. The molecule has 0 unspecified atom stereocenters.